The van der Waals surface area contributed by atoms with Crippen LogP contribution < -0.4 is 5.32 Å². The molecule has 0 spiro atoms. The molecule has 3 aromatic heterocycles. The first-order chi connectivity index (χ1) is 12.1. The zero-order valence-electron chi connectivity index (χ0n) is 13.9. The molecule has 8 heteroatoms. The largest absolute Gasteiger partial charge is 0.393 e. The van der Waals surface area contributed by atoms with Gasteiger partial charge in [0.1, 0.15) is 12.2 Å². The van der Waals surface area contributed by atoms with Gasteiger partial charge in [-0.3, -0.25) is 4.79 Å². The Bertz CT molecular complexity index is 901. The molecule has 25 heavy (non-hydrogen) atoms. The van der Waals surface area contributed by atoms with Gasteiger partial charge in [0.05, 0.1) is 29.7 Å². The lowest BCUT2D eigenvalue weighted by atomic mass is 10.0. The van der Waals surface area contributed by atoms with Gasteiger partial charge in [-0.05, 0) is 25.0 Å². The first-order valence-electron chi connectivity index (χ1n) is 8.33. The monoisotopic (exact) mass is 340 g/mol. The normalized spacial score (nSPS) is 23.2. The van der Waals surface area contributed by atoms with Crippen LogP contribution in [0, 0.1) is 5.92 Å². The van der Waals surface area contributed by atoms with Crippen molar-refractivity contribution in [3.8, 4) is 0 Å². The number of hydrogen-bond donors (Lipinski definition) is 2. The van der Waals surface area contributed by atoms with Crippen LogP contribution in [0.5, 0.6) is 0 Å². The van der Waals surface area contributed by atoms with Gasteiger partial charge >= 0.3 is 0 Å². The molecule has 0 aliphatic heterocycles. The highest BCUT2D eigenvalue weighted by Crippen LogP contribution is 2.37. The van der Waals surface area contributed by atoms with E-state index in [1.807, 2.05) is 22.1 Å². The Morgan fingerprint density at radius 3 is 3.04 bits per heavy atom. The van der Waals surface area contributed by atoms with Gasteiger partial charge in [0.2, 0.25) is 0 Å². The summed E-state index contributed by atoms with van der Waals surface area (Å²) < 4.78 is 3.70. The molecule has 2 N–H and O–H groups in total. The van der Waals surface area contributed by atoms with E-state index in [4.69, 9.17) is 0 Å². The van der Waals surface area contributed by atoms with Gasteiger partial charge in [0, 0.05) is 31.6 Å². The fraction of sp³-hybridized carbons (Fsp3) is 0.412. The predicted molar refractivity (Wildman–Crippen MR) is 90.0 cm³/mol. The van der Waals surface area contributed by atoms with E-state index >= 15 is 0 Å². The molecule has 130 valence electrons. The lowest BCUT2D eigenvalue weighted by Gasteiger charge is -2.15. The van der Waals surface area contributed by atoms with Crippen molar-refractivity contribution in [2.75, 3.05) is 6.54 Å². The van der Waals surface area contributed by atoms with E-state index in [1.54, 1.807) is 31.1 Å². The summed E-state index contributed by atoms with van der Waals surface area (Å²) >= 11 is 0. The number of nitrogens with one attached hydrogen (secondary N) is 1. The molecule has 4 rings (SSSR count). The number of amides is 1. The topological polar surface area (TPSA) is 97.3 Å². The maximum absolute atomic E-state index is 12.4. The molecule has 0 bridgehead atoms. The Labute approximate surface area is 144 Å². The molecule has 1 fully saturated rings. The Morgan fingerprint density at radius 1 is 1.36 bits per heavy atom. The molecule has 0 saturated heterocycles. The molecule has 3 heterocycles. The Morgan fingerprint density at radius 2 is 2.24 bits per heavy atom. The van der Waals surface area contributed by atoms with Gasteiger partial charge < -0.3 is 19.4 Å². The quantitative estimate of drug-likeness (QED) is 0.730. The average molecular weight is 340 g/mol. The number of fused-ring (bicyclic) bond motifs is 1. The van der Waals surface area contributed by atoms with E-state index in [-0.39, 0.29) is 17.7 Å². The van der Waals surface area contributed by atoms with Crippen LogP contribution in [0.3, 0.4) is 0 Å². The summed E-state index contributed by atoms with van der Waals surface area (Å²) in [5.74, 6) is 0.928. The van der Waals surface area contributed by atoms with E-state index in [9.17, 15) is 9.90 Å². The standard InChI is InChI=1S/C17H20N6O2/c1-22-10-20-21-16(22)12-4-13(15(24)5-12)6-19-17(25)11-2-3-14-7-18-9-23(14)8-11/h2-3,7-10,12-13,15,24H,4-6H2,1H3,(H,19,25)/t12-,13+,15+/m0/s1. The van der Waals surface area contributed by atoms with Crippen LogP contribution in [0.1, 0.15) is 34.9 Å². The molecule has 0 radical (unpaired) electrons. The number of aliphatic hydroxyl groups excluding tert-OH is 1. The van der Waals surface area contributed by atoms with E-state index in [2.05, 4.69) is 20.5 Å². The van der Waals surface area contributed by atoms with Crippen LogP contribution in [-0.4, -0.2) is 47.8 Å². The Balaban J connectivity index is 1.39. The van der Waals surface area contributed by atoms with Gasteiger partial charge in [0.25, 0.3) is 5.91 Å². The third kappa shape index (κ3) is 3.00. The predicted octanol–water partition coefficient (Wildman–Crippen LogP) is 0.747. The number of nitrogens with zero attached hydrogens (tertiary/aromatic N) is 5. The highest BCUT2D eigenvalue weighted by Gasteiger charge is 2.36. The zero-order chi connectivity index (χ0) is 17.4. The first-order valence-corrected chi connectivity index (χ1v) is 8.33. The molecule has 3 atom stereocenters. The molecule has 8 nitrogen and oxygen atoms in total. The maximum atomic E-state index is 12.4. The summed E-state index contributed by atoms with van der Waals surface area (Å²) in [5, 5.41) is 21.3. The lowest BCUT2D eigenvalue weighted by Crippen LogP contribution is -2.32. The van der Waals surface area contributed by atoms with E-state index in [0.29, 0.717) is 18.5 Å². The second kappa shape index (κ2) is 6.29. The lowest BCUT2D eigenvalue weighted by molar-refractivity contribution is 0.0916. The van der Waals surface area contributed by atoms with Crippen LogP contribution >= 0.6 is 0 Å². The fourth-order valence-electron chi connectivity index (χ4n) is 3.57. The molecule has 3 aromatic rings. The Hall–Kier alpha value is -2.74. The van der Waals surface area contributed by atoms with Crippen molar-refractivity contribution in [3.05, 3.63) is 48.6 Å². The van der Waals surface area contributed by atoms with Gasteiger partial charge in [-0.15, -0.1) is 10.2 Å². The van der Waals surface area contributed by atoms with Crippen molar-refractivity contribution >= 4 is 11.4 Å². The first kappa shape index (κ1) is 15.8. The summed E-state index contributed by atoms with van der Waals surface area (Å²) in [7, 11) is 1.91. The molecule has 0 unspecified atom stereocenters. The third-order valence-electron chi connectivity index (χ3n) is 4.96. The number of carbonyl (C=O) groups is 1. The zero-order valence-corrected chi connectivity index (χ0v) is 13.9. The summed E-state index contributed by atoms with van der Waals surface area (Å²) in [6.45, 7) is 0.441. The van der Waals surface area contributed by atoms with Crippen molar-refractivity contribution in [1.82, 2.24) is 29.5 Å². The Kier molecular flexibility index (Phi) is 3.96. The maximum Gasteiger partial charge on any atom is 0.252 e. The molecular weight excluding hydrogens is 320 g/mol. The van der Waals surface area contributed by atoms with Gasteiger partial charge in [0.15, 0.2) is 0 Å². The molecule has 1 amide bonds. The van der Waals surface area contributed by atoms with E-state index in [1.165, 1.54) is 0 Å². The second-order valence-corrected chi connectivity index (χ2v) is 6.65. The number of imidazole rings is 1. The van der Waals surface area contributed by atoms with Crippen molar-refractivity contribution in [2.24, 2.45) is 13.0 Å². The minimum absolute atomic E-state index is 0.0163. The SMILES string of the molecule is Cn1cnnc1[C@H]1C[C@H](CNC(=O)c2ccc3cncn3c2)[C@H](O)C1. The molecule has 1 aliphatic carbocycles. The van der Waals surface area contributed by atoms with Crippen molar-refractivity contribution in [1.29, 1.82) is 0 Å². The number of aliphatic hydroxyl groups is 1. The number of aryl methyl sites for hydroxylation is 1. The van der Waals surface area contributed by atoms with E-state index in [0.717, 1.165) is 17.8 Å². The summed E-state index contributed by atoms with van der Waals surface area (Å²) in [4.78, 5) is 16.4. The van der Waals surface area contributed by atoms with Gasteiger partial charge in [-0.25, -0.2) is 4.98 Å². The third-order valence-corrected chi connectivity index (χ3v) is 4.96. The van der Waals surface area contributed by atoms with E-state index < -0.39 is 6.10 Å². The van der Waals surface area contributed by atoms with Crippen LogP contribution in [0.4, 0.5) is 0 Å². The molecule has 1 saturated carbocycles. The summed E-state index contributed by atoms with van der Waals surface area (Å²) in [5.41, 5.74) is 1.51. The highest BCUT2D eigenvalue weighted by molar-refractivity contribution is 5.94. The summed E-state index contributed by atoms with van der Waals surface area (Å²) in [6.07, 6.45) is 7.82. The van der Waals surface area contributed by atoms with Crippen LogP contribution in [0.25, 0.3) is 5.52 Å². The number of aromatic nitrogens is 5. The molecule has 1 aliphatic rings. The smallest absolute Gasteiger partial charge is 0.252 e. The minimum atomic E-state index is -0.446. The van der Waals surface area contributed by atoms with Crippen LogP contribution in [0.15, 0.2) is 37.2 Å². The molecule has 0 aromatic carbocycles. The summed E-state index contributed by atoms with van der Waals surface area (Å²) in [6, 6.07) is 3.64. The van der Waals surface area contributed by atoms with Crippen molar-refractivity contribution < 1.29 is 9.90 Å². The number of rotatable bonds is 4. The fourth-order valence-corrected chi connectivity index (χ4v) is 3.57. The number of pyridine rings is 1. The molecular formula is C17H20N6O2. The van der Waals surface area contributed by atoms with Crippen LogP contribution in [0.2, 0.25) is 0 Å². The number of hydrogen-bond acceptors (Lipinski definition) is 5. The second-order valence-electron chi connectivity index (χ2n) is 6.65. The number of carbonyl (C=O) groups excluding carboxylic acids is 1. The minimum Gasteiger partial charge on any atom is -0.393 e. The van der Waals surface area contributed by atoms with Crippen molar-refractivity contribution in [2.45, 2.75) is 24.9 Å². The van der Waals surface area contributed by atoms with Gasteiger partial charge in [-0.2, -0.15) is 0 Å². The van der Waals surface area contributed by atoms with Crippen LogP contribution in [-0.2, 0) is 7.05 Å². The van der Waals surface area contributed by atoms with Crippen molar-refractivity contribution in [3.63, 3.8) is 0 Å². The van der Waals surface area contributed by atoms with Gasteiger partial charge in [-0.1, -0.05) is 0 Å². The average Bonchev–Trinajstić information content (AvgIpc) is 3.31. The highest BCUT2D eigenvalue weighted by atomic mass is 16.3.